The number of hydrogen-bond donors (Lipinski definition) is 2. The minimum absolute atomic E-state index is 0.160. The van der Waals surface area contributed by atoms with Gasteiger partial charge in [-0.1, -0.05) is 12.1 Å². The number of phenols is 1. The van der Waals surface area contributed by atoms with Crippen LogP contribution in [0.15, 0.2) is 60.8 Å². The van der Waals surface area contributed by atoms with Crippen LogP contribution in [0.25, 0.3) is 17.0 Å². The van der Waals surface area contributed by atoms with Crippen molar-refractivity contribution in [2.24, 2.45) is 0 Å². The summed E-state index contributed by atoms with van der Waals surface area (Å²) in [7, 11) is 0. The van der Waals surface area contributed by atoms with Gasteiger partial charge < -0.3 is 10.4 Å². The molecule has 0 saturated heterocycles. The summed E-state index contributed by atoms with van der Waals surface area (Å²) in [5.41, 5.74) is 2.73. The lowest BCUT2D eigenvalue weighted by Crippen LogP contribution is -1.98. The average Bonchev–Trinajstić information content (AvgIpc) is 3.04. The van der Waals surface area contributed by atoms with E-state index in [0.717, 1.165) is 11.3 Å². The van der Waals surface area contributed by atoms with Crippen molar-refractivity contribution >= 4 is 17.3 Å². The van der Waals surface area contributed by atoms with Gasteiger partial charge in [0.25, 0.3) is 0 Å². The molecule has 7 heteroatoms. The average molecular weight is 328 g/mol. The second-order valence-corrected chi connectivity index (χ2v) is 5.34. The molecule has 0 atom stereocenters. The highest BCUT2D eigenvalue weighted by molar-refractivity contribution is 5.62. The fourth-order valence-corrected chi connectivity index (χ4v) is 2.47. The lowest BCUT2D eigenvalue weighted by molar-refractivity contribution is 0.475. The summed E-state index contributed by atoms with van der Waals surface area (Å²) < 4.78 is 1.61. The van der Waals surface area contributed by atoms with Gasteiger partial charge in [-0.25, -0.2) is 4.98 Å². The molecule has 0 bridgehead atoms. The molecule has 0 spiro atoms. The fraction of sp³-hybridized carbons (Fsp3) is 0. The number of rotatable bonds is 3. The summed E-state index contributed by atoms with van der Waals surface area (Å²) >= 11 is 0. The first-order valence-corrected chi connectivity index (χ1v) is 7.51. The second-order valence-electron chi connectivity index (χ2n) is 5.34. The van der Waals surface area contributed by atoms with E-state index in [2.05, 4.69) is 26.5 Å². The van der Waals surface area contributed by atoms with E-state index in [1.165, 1.54) is 0 Å². The van der Waals surface area contributed by atoms with E-state index in [9.17, 15) is 5.11 Å². The highest BCUT2D eigenvalue weighted by Gasteiger charge is 2.10. The molecule has 0 unspecified atom stereocenters. The zero-order valence-electron chi connectivity index (χ0n) is 13.0. The Morgan fingerprint density at radius 3 is 2.68 bits per heavy atom. The van der Waals surface area contributed by atoms with Crippen molar-refractivity contribution < 1.29 is 5.11 Å². The molecule has 4 rings (SSSR count). The lowest BCUT2D eigenvalue weighted by atomic mass is 10.2. The summed E-state index contributed by atoms with van der Waals surface area (Å²) in [4.78, 5) is 8.78. The Morgan fingerprint density at radius 1 is 1.08 bits per heavy atom. The number of hydrogen-bond acceptors (Lipinski definition) is 6. The number of phenolic OH excluding ortho intramolecular Hbond substituents is 1. The van der Waals surface area contributed by atoms with Crippen molar-refractivity contribution in [3.63, 3.8) is 0 Å². The van der Waals surface area contributed by atoms with Gasteiger partial charge in [-0.15, -0.1) is 5.10 Å². The molecule has 4 aromatic rings. The molecule has 2 heterocycles. The summed E-state index contributed by atoms with van der Waals surface area (Å²) in [6.45, 7) is 0. The standard InChI is InChI=1S/C18H12N6O/c19-11-12-4-6-14(7-5-12)21-18-22-16-8-9-20-17(24(16)23-18)13-2-1-3-15(25)10-13/h1-10,25H,(H,21,23). The van der Waals surface area contributed by atoms with E-state index < -0.39 is 0 Å². The number of anilines is 2. The van der Waals surface area contributed by atoms with Crippen LogP contribution in [0.4, 0.5) is 11.6 Å². The van der Waals surface area contributed by atoms with E-state index in [4.69, 9.17) is 5.26 Å². The second kappa shape index (κ2) is 5.94. The molecule has 2 N–H and O–H groups in total. The third-order valence-electron chi connectivity index (χ3n) is 3.63. The zero-order chi connectivity index (χ0) is 17.2. The van der Waals surface area contributed by atoms with Crippen LogP contribution in [0.5, 0.6) is 5.75 Å². The van der Waals surface area contributed by atoms with Crippen LogP contribution in [-0.2, 0) is 0 Å². The van der Waals surface area contributed by atoms with Crippen LogP contribution in [0, 0.1) is 11.3 Å². The van der Waals surface area contributed by atoms with E-state index in [0.29, 0.717) is 23.0 Å². The topological polar surface area (TPSA) is 99.1 Å². The van der Waals surface area contributed by atoms with Crippen molar-refractivity contribution in [1.82, 2.24) is 19.6 Å². The van der Waals surface area contributed by atoms with Gasteiger partial charge in [0, 0.05) is 23.5 Å². The maximum absolute atomic E-state index is 9.68. The van der Waals surface area contributed by atoms with Gasteiger partial charge in [-0.05, 0) is 36.4 Å². The van der Waals surface area contributed by atoms with Crippen molar-refractivity contribution in [1.29, 1.82) is 5.26 Å². The Hall–Kier alpha value is -3.92. The maximum atomic E-state index is 9.68. The molecule has 2 aromatic heterocycles. The van der Waals surface area contributed by atoms with Crippen molar-refractivity contribution in [2.75, 3.05) is 5.32 Å². The molecule has 0 fully saturated rings. The number of aromatic hydroxyl groups is 1. The van der Waals surface area contributed by atoms with E-state index in [1.807, 2.05) is 6.07 Å². The van der Waals surface area contributed by atoms with E-state index in [1.54, 1.807) is 59.2 Å². The van der Waals surface area contributed by atoms with Crippen LogP contribution in [0.2, 0.25) is 0 Å². The molecule has 25 heavy (non-hydrogen) atoms. The number of fused-ring (bicyclic) bond motifs is 1. The van der Waals surface area contributed by atoms with Crippen molar-refractivity contribution in [3.8, 4) is 23.2 Å². The minimum Gasteiger partial charge on any atom is -0.508 e. The molecule has 0 amide bonds. The molecule has 0 radical (unpaired) electrons. The van der Waals surface area contributed by atoms with Gasteiger partial charge >= 0.3 is 0 Å². The van der Waals surface area contributed by atoms with Crippen LogP contribution in [0.1, 0.15) is 5.56 Å². The van der Waals surface area contributed by atoms with Crippen molar-refractivity contribution in [2.45, 2.75) is 0 Å². The third-order valence-corrected chi connectivity index (χ3v) is 3.63. The summed E-state index contributed by atoms with van der Waals surface area (Å²) in [6, 6.07) is 17.7. The molecule has 0 saturated carbocycles. The molecule has 2 aromatic carbocycles. The Balaban J connectivity index is 1.73. The maximum Gasteiger partial charge on any atom is 0.247 e. The lowest BCUT2D eigenvalue weighted by Gasteiger charge is -2.03. The van der Waals surface area contributed by atoms with Gasteiger partial charge in [0.05, 0.1) is 11.6 Å². The number of benzene rings is 2. The van der Waals surface area contributed by atoms with Gasteiger partial charge in [-0.2, -0.15) is 14.8 Å². The molecule has 7 nitrogen and oxygen atoms in total. The number of aromatic nitrogens is 4. The predicted molar refractivity (Wildman–Crippen MR) is 92.3 cm³/mol. The van der Waals surface area contributed by atoms with Gasteiger partial charge in [0.15, 0.2) is 11.5 Å². The molecule has 0 aliphatic heterocycles. The van der Waals surface area contributed by atoms with Crippen LogP contribution >= 0.6 is 0 Å². The number of nitrogens with zero attached hydrogens (tertiary/aromatic N) is 5. The summed E-state index contributed by atoms with van der Waals surface area (Å²) in [6.07, 6.45) is 1.65. The zero-order valence-corrected chi connectivity index (χ0v) is 13.0. The van der Waals surface area contributed by atoms with E-state index in [-0.39, 0.29) is 5.75 Å². The smallest absolute Gasteiger partial charge is 0.247 e. The first-order valence-electron chi connectivity index (χ1n) is 7.51. The molecular formula is C18H12N6O. The van der Waals surface area contributed by atoms with Gasteiger partial charge in [0.2, 0.25) is 5.95 Å². The van der Waals surface area contributed by atoms with Gasteiger partial charge in [-0.3, -0.25) is 0 Å². The molecule has 0 aliphatic rings. The Kier molecular flexibility index (Phi) is 3.48. The van der Waals surface area contributed by atoms with Crippen molar-refractivity contribution in [3.05, 3.63) is 66.4 Å². The SMILES string of the molecule is N#Cc1ccc(Nc2nc3ccnc(-c4cccc(O)c4)n3n2)cc1. The summed E-state index contributed by atoms with van der Waals surface area (Å²) in [5, 5.41) is 26.1. The molecular weight excluding hydrogens is 316 g/mol. The first-order chi connectivity index (χ1) is 12.2. The number of nitrogens with one attached hydrogen (secondary N) is 1. The highest BCUT2D eigenvalue weighted by Crippen LogP contribution is 2.23. The monoisotopic (exact) mass is 328 g/mol. The Bertz CT molecular complexity index is 1090. The molecule has 120 valence electrons. The first kappa shape index (κ1) is 14.7. The highest BCUT2D eigenvalue weighted by atomic mass is 16.3. The molecule has 0 aliphatic carbocycles. The fourth-order valence-electron chi connectivity index (χ4n) is 2.47. The largest absolute Gasteiger partial charge is 0.508 e. The summed E-state index contributed by atoms with van der Waals surface area (Å²) in [5.74, 6) is 1.15. The Labute approximate surface area is 142 Å². The third kappa shape index (κ3) is 2.84. The van der Waals surface area contributed by atoms with Gasteiger partial charge in [0.1, 0.15) is 5.75 Å². The van der Waals surface area contributed by atoms with Crippen LogP contribution < -0.4 is 5.32 Å². The predicted octanol–water partition coefficient (Wildman–Crippen LogP) is 3.11. The Morgan fingerprint density at radius 2 is 1.92 bits per heavy atom. The quantitative estimate of drug-likeness (QED) is 0.599. The van der Waals surface area contributed by atoms with E-state index >= 15 is 0 Å². The van der Waals surface area contributed by atoms with Crippen LogP contribution in [0.3, 0.4) is 0 Å². The van der Waals surface area contributed by atoms with Crippen LogP contribution in [-0.4, -0.2) is 24.7 Å². The normalized spacial score (nSPS) is 10.5. The number of nitriles is 1. The minimum atomic E-state index is 0.160.